The number of carbonyl (C=O) groups is 1. The highest BCUT2D eigenvalue weighted by atomic mass is 16.5. The van der Waals surface area contributed by atoms with Crippen molar-refractivity contribution in [3.8, 4) is 0 Å². The Hall–Kier alpha value is -1.36. The van der Waals surface area contributed by atoms with Gasteiger partial charge in [-0.3, -0.25) is 9.48 Å². The molecule has 0 saturated carbocycles. The molecule has 0 aromatic carbocycles. The molecule has 0 aliphatic heterocycles. The number of carbonyl (C=O) groups excluding carboxylic acids is 1. The molecule has 84 valence electrons. The van der Waals surface area contributed by atoms with Crippen molar-refractivity contribution in [3.63, 3.8) is 0 Å². The van der Waals surface area contributed by atoms with Crippen molar-refractivity contribution in [2.24, 2.45) is 12.8 Å². The van der Waals surface area contributed by atoms with Gasteiger partial charge in [-0.1, -0.05) is 0 Å². The Balaban J connectivity index is 2.61. The zero-order chi connectivity index (χ0) is 11.4. The standard InChI is InChI=1S/C10H17N3O2/c1-7-6-12-13(2)10(7)8(11)4-5-9(14)15-3/h6,8H,4-5,11H2,1-3H3. The summed E-state index contributed by atoms with van der Waals surface area (Å²) in [7, 11) is 3.23. The summed E-state index contributed by atoms with van der Waals surface area (Å²) in [5, 5.41) is 4.10. The topological polar surface area (TPSA) is 70.1 Å². The van der Waals surface area contributed by atoms with Crippen LogP contribution in [0.2, 0.25) is 0 Å². The summed E-state index contributed by atoms with van der Waals surface area (Å²) in [6.45, 7) is 1.96. The first-order chi connectivity index (χ1) is 7.06. The summed E-state index contributed by atoms with van der Waals surface area (Å²) in [5.74, 6) is -0.231. The van der Waals surface area contributed by atoms with Gasteiger partial charge >= 0.3 is 5.97 Å². The number of nitrogens with zero attached hydrogens (tertiary/aromatic N) is 2. The van der Waals surface area contributed by atoms with Gasteiger partial charge in [0.2, 0.25) is 0 Å². The number of ether oxygens (including phenoxy) is 1. The third kappa shape index (κ3) is 2.79. The fourth-order valence-electron chi connectivity index (χ4n) is 1.60. The van der Waals surface area contributed by atoms with Crippen LogP contribution in [0.15, 0.2) is 6.20 Å². The van der Waals surface area contributed by atoms with E-state index in [1.807, 2.05) is 14.0 Å². The molecule has 0 aliphatic rings. The van der Waals surface area contributed by atoms with E-state index in [1.165, 1.54) is 7.11 Å². The molecule has 0 fully saturated rings. The van der Waals surface area contributed by atoms with Crippen molar-refractivity contribution in [2.75, 3.05) is 7.11 Å². The monoisotopic (exact) mass is 211 g/mol. The molecule has 0 radical (unpaired) electrons. The first kappa shape index (κ1) is 11.7. The van der Waals surface area contributed by atoms with Crippen molar-refractivity contribution >= 4 is 5.97 Å². The van der Waals surface area contributed by atoms with E-state index in [1.54, 1.807) is 10.9 Å². The highest BCUT2D eigenvalue weighted by Crippen LogP contribution is 2.18. The van der Waals surface area contributed by atoms with Crippen LogP contribution in [0.1, 0.15) is 30.1 Å². The molecule has 1 heterocycles. The van der Waals surface area contributed by atoms with Crippen LogP contribution in [0.25, 0.3) is 0 Å². The van der Waals surface area contributed by atoms with E-state index >= 15 is 0 Å². The maximum atomic E-state index is 11.0. The first-order valence-corrected chi connectivity index (χ1v) is 4.87. The van der Waals surface area contributed by atoms with Gasteiger partial charge in [-0.2, -0.15) is 5.10 Å². The third-order valence-corrected chi connectivity index (χ3v) is 2.42. The normalized spacial score (nSPS) is 12.5. The molecule has 5 heteroatoms. The van der Waals surface area contributed by atoms with Gasteiger partial charge in [-0.25, -0.2) is 0 Å². The van der Waals surface area contributed by atoms with Crippen LogP contribution in [0.4, 0.5) is 0 Å². The number of hydrogen-bond donors (Lipinski definition) is 1. The SMILES string of the molecule is COC(=O)CCC(N)c1c(C)cnn1C. The van der Waals surface area contributed by atoms with Crippen molar-refractivity contribution in [3.05, 3.63) is 17.5 Å². The highest BCUT2D eigenvalue weighted by molar-refractivity contribution is 5.69. The Morgan fingerprint density at radius 3 is 2.87 bits per heavy atom. The molecule has 1 rings (SSSR count). The Morgan fingerprint density at radius 1 is 1.73 bits per heavy atom. The van der Waals surface area contributed by atoms with Gasteiger partial charge < -0.3 is 10.5 Å². The van der Waals surface area contributed by atoms with Gasteiger partial charge in [0.1, 0.15) is 0 Å². The average Bonchev–Trinajstić information content (AvgIpc) is 2.54. The molecule has 1 unspecified atom stereocenters. The predicted molar refractivity (Wildman–Crippen MR) is 56.1 cm³/mol. The number of methoxy groups -OCH3 is 1. The molecule has 15 heavy (non-hydrogen) atoms. The molecule has 5 nitrogen and oxygen atoms in total. The molecular weight excluding hydrogens is 194 g/mol. The van der Waals surface area contributed by atoms with E-state index in [4.69, 9.17) is 5.73 Å². The Morgan fingerprint density at radius 2 is 2.40 bits per heavy atom. The average molecular weight is 211 g/mol. The van der Waals surface area contributed by atoms with Gasteiger partial charge in [0.15, 0.2) is 0 Å². The number of nitrogens with two attached hydrogens (primary N) is 1. The molecule has 0 aliphatic carbocycles. The fraction of sp³-hybridized carbons (Fsp3) is 0.600. The summed E-state index contributed by atoms with van der Waals surface area (Å²) in [6, 6.07) is -0.170. The quantitative estimate of drug-likeness (QED) is 0.743. The van der Waals surface area contributed by atoms with Gasteiger partial charge in [-0.05, 0) is 18.9 Å². The molecule has 1 aromatic rings. The number of rotatable bonds is 4. The van der Waals surface area contributed by atoms with Crippen LogP contribution in [0.5, 0.6) is 0 Å². The third-order valence-electron chi connectivity index (χ3n) is 2.42. The zero-order valence-corrected chi connectivity index (χ0v) is 9.36. The van der Waals surface area contributed by atoms with Crippen molar-refractivity contribution in [1.29, 1.82) is 0 Å². The molecule has 1 atom stereocenters. The molecule has 0 bridgehead atoms. The minimum Gasteiger partial charge on any atom is -0.469 e. The van der Waals surface area contributed by atoms with E-state index in [9.17, 15) is 4.79 Å². The summed E-state index contributed by atoms with van der Waals surface area (Å²) in [6.07, 6.45) is 2.68. The summed E-state index contributed by atoms with van der Waals surface area (Å²) in [4.78, 5) is 11.0. The fourth-order valence-corrected chi connectivity index (χ4v) is 1.60. The van der Waals surface area contributed by atoms with Crippen LogP contribution in [0, 0.1) is 6.92 Å². The number of aryl methyl sites for hydroxylation is 2. The van der Waals surface area contributed by atoms with Crippen LogP contribution in [-0.4, -0.2) is 22.9 Å². The largest absolute Gasteiger partial charge is 0.469 e. The lowest BCUT2D eigenvalue weighted by molar-refractivity contribution is -0.140. The number of aromatic nitrogens is 2. The molecule has 0 spiro atoms. The van der Waals surface area contributed by atoms with Crippen LogP contribution in [-0.2, 0) is 16.6 Å². The minimum atomic E-state index is -0.231. The molecular formula is C10H17N3O2. The Kier molecular flexibility index (Phi) is 3.85. The second kappa shape index (κ2) is 4.93. The van der Waals surface area contributed by atoms with E-state index in [0.717, 1.165) is 11.3 Å². The summed E-state index contributed by atoms with van der Waals surface area (Å²) >= 11 is 0. The van der Waals surface area contributed by atoms with Gasteiger partial charge in [0, 0.05) is 19.5 Å². The molecule has 0 amide bonds. The zero-order valence-electron chi connectivity index (χ0n) is 9.36. The molecule has 0 saturated heterocycles. The van der Waals surface area contributed by atoms with Gasteiger partial charge in [0.05, 0.1) is 19.0 Å². The lowest BCUT2D eigenvalue weighted by Gasteiger charge is -2.12. The Bertz CT molecular complexity index is 327. The van der Waals surface area contributed by atoms with Crippen molar-refractivity contribution < 1.29 is 9.53 Å². The van der Waals surface area contributed by atoms with Gasteiger partial charge in [-0.15, -0.1) is 0 Å². The smallest absolute Gasteiger partial charge is 0.305 e. The summed E-state index contributed by atoms with van der Waals surface area (Å²) in [5.41, 5.74) is 8.00. The van der Waals surface area contributed by atoms with E-state index in [0.29, 0.717) is 12.8 Å². The Labute approximate surface area is 89.2 Å². The minimum absolute atomic E-state index is 0.170. The molecule has 2 N–H and O–H groups in total. The maximum Gasteiger partial charge on any atom is 0.305 e. The predicted octanol–water partition coefficient (Wildman–Crippen LogP) is 0.682. The van der Waals surface area contributed by atoms with Crippen molar-refractivity contribution in [2.45, 2.75) is 25.8 Å². The second-order valence-electron chi connectivity index (χ2n) is 3.56. The van der Waals surface area contributed by atoms with Crippen LogP contribution in [0.3, 0.4) is 0 Å². The van der Waals surface area contributed by atoms with E-state index in [-0.39, 0.29) is 12.0 Å². The number of hydrogen-bond acceptors (Lipinski definition) is 4. The lowest BCUT2D eigenvalue weighted by atomic mass is 10.1. The first-order valence-electron chi connectivity index (χ1n) is 4.87. The highest BCUT2D eigenvalue weighted by Gasteiger charge is 2.15. The lowest BCUT2D eigenvalue weighted by Crippen LogP contribution is -2.17. The number of esters is 1. The van der Waals surface area contributed by atoms with E-state index < -0.39 is 0 Å². The molecule has 1 aromatic heterocycles. The van der Waals surface area contributed by atoms with Crippen LogP contribution >= 0.6 is 0 Å². The second-order valence-corrected chi connectivity index (χ2v) is 3.56. The van der Waals surface area contributed by atoms with Crippen molar-refractivity contribution in [1.82, 2.24) is 9.78 Å². The van der Waals surface area contributed by atoms with E-state index in [2.05, 4.69) is 9.84 Å². The maximum absolute atomic E-state index is 11.0. The van der Waals surface area contributed by atoms with Crippen LogP contribution < -0.4 is 5.73 Å². The summed E-state index contributed by atoms with van der Waals surface area (Å²) < 4.78 is 6.31. The van der Waals surface area contributed by atoms with Gasteiger partial charge in [0.25, 0.3) is 0 Å².